The Morgan fingerprint density at radius 2 is 1.85 bits per heavy atom. The van der Waals surface area contributed by atoms with Gasteiger partial charge < -0.3 is 25.1 Å². The van der Waals surface area contributed by atoms with Gasteiger partial charge in [0.15, 0.2) is 11.5 Å². The van der Waals surface area contributed by atoms with Crippen LogP contribution in [-0.4, -0.2) is 35.2 Å². The zero-order valence-corrected chi connectivity index (χ0v) is 15.0. The summed E-state index contributed by atoms with van der Waals surface area (Å²) in [6.07, 6.45) is 6.81. The molecule has 1 aliphatic carbocycles. The molecule has 0 unspecified atom stereocenters. The highest BCUT2D eigenvalue weighted by molar-refractivity contribution is 5.88. The van der Waals surface area contributed by atoms with E-state index in [1.54, 1.807) is 14.2 Å². The van der Waals surface area contributed by atoms with Gasteiger partial charge in [-0.1, -0.05) is 12.8 Å². The largest absolute Gasteiger partial charge is 0.493 e. The summed E-state index contributed by atoms with van der Waals surface area (Å²) in [6.45, 7) is 0. The van der Waals surface area contributed by atoms with Crippen LogP contribution in [0.15, 0.2) is 30.5 Å². The second-order valence-electron chi connectivity index (χ2n) is 6.46. The molecule has 136 valence electrons. The molecule has 0 spiro atoms. The zero-order chi connectivity index (χ0) is 17.9. The maximum absolute atomic E-state index is 5.36. The molecule has 7 heteroatoms. The highest BCUT2D eigenvalue weighted by atomic mass is 16.5. The van der Waals surface area contributed by atoms with Crippen LogP contribution in [0.5, 0.6) is 11.5 Å². The number of hydrogen-bond acceptors (Lipinski definition) is 6. The molecule has 2 aromatic heterocycles. The van der Waals surface area contributed by atoms with Gasteiger partial charge >= 0.3 is 0 Å². The first-order chi connectivity index (χ1) is 12.8. The number of nitrogens with one attached hydrogen (secondary N) is 3. The van der Waals surface area contributed by atoms with Gasteiger partial charge in [-0.2, -0.15) is 9.97 Å². The average Bonchev–Trinajstić information content (AvgIpc) is 3.33. The van der Waals surface area contributed by atoms with Crippen LogP contribution in [0.25, 0.3) is 11.0 Å². The van der Waals surface area contributed by atoms with E-state index in [1.165, 1.54) is 25.7 Å². The Labute approximate surface area is 152 Å². The van der Waals surface area contributed by atoms with Crippen LogP contribution >= 0.6 is 0 Å². The fraction of sp³-hybridized carbons (Fsp3) is 0.368. The van der Waals surface area contributed by atoms with Crippen molar-refractivity contribution in [3.05, 3.63) is 30.5 Å². The molecule has 1 aliphatic rings. The van der Waals surface area contributed by atoms with Gasteiger partial charge in [-0.15, -0.1) is 0 Å². The number of H-pyrrole nitrogens is 1. The van der Waals surface area contributed by atoms with Gasteiger partial charge in [0.1, 0.15) is 11.5 Å². The molecule has 7 nitrogen and oxygen atoms in total. The van der Waals surface area contributed by atoms with E-state index >= 15 is 0 Å². The number of rotatable bonds is 6. The molecule has 0 atom stereocenters. The lowest BCUT2D eigenvalue weighted by molar-refractivity contribution is 0.355. The van der Waals surface area contributed by atoms with Gasteiger partial charge in [0.25, 0.3) is 0 Å². The van der Waals surface area contributed by atoms with E-state index in [1.807, 2.05) is 30.5 Å². The molecule has 0 radical (unpaired) electrons. The summed E-state index contributed by atoms with van der Waals surface area (Å²) in [7, 11) is 3.24. The van der Waals surface area contributed by atoms with Gasteiger partial charge in [-0.25, -0.2) is 0 Å². The predicted molar refractivity (Wildman–Crippen MR) is 103 cm³/mol. The second-order valence-corrected chi connectivity index (χ2v) is 6.46. The standard InChI is InChI=1S/C19H23N5O2/c1-25-15-8-7-13(11-16(15)26-2)22-19-23-17-14(9-10-20-17)18(24-19)21-12-5-3-4-6-12/h7-12H,3-6H2,1-2H3,(H3,20,21,22,23,24). The lowest BCUT2D eigenvalue weighted by atomic mass is 10.2. The Hall–Kier alpha value is -2.96. The molecule has 1 saturated carbocycles. The summed E-state index contributed by atoms with van der Waals surface area (Å²) in [4.78, 5) is 12.5. The number of nitrogens with zero attached hydrogens (tertiary/aromatic N) is 2. The molecule has 0 aliphatic heterocycles. The molecule has 2 heterocycles. The molecule has 1 fully saturated rings. The van der Waals surface area contributed by atoms with E-state index in [4.69, 9.17) is 14.5 Å². The number of ether oxygens (including phenoxy) is 2. The Bertz CT molecular complexity index is 902. The van der Waals surface area contributed by atoms with Crippen molar-refractivity contribution in [2.75, 3.05) is 24.9 Å². The van der Waals surface area contributed by atoms with E-state index in [2.05, 4.69) is 20.6 Å². The number of aromatic nitrogens is 3. The topological polar surface area (TPSA) is 84.1 Å². The normalized spacial score (nSPS) is 14.5. The fourth-order valence-corrected chi connectivity index (χ4v) is 3.41. The number of hydrogen-bond donors (Lipinski definition) is 3. The van der Waals surface area contributed by atoms with E-state index in [0.29, 0.717) is 23.5 Å². The molecule has 3 aromatic rings. The van der Waals surface area contributed by atoms with Gasteiger partial charge in [0.2, 0.25) is 5.95 Å². The summed E-state index contributed by atoms with van der Waals surface area (Å²) in [5, 5.41) is 7.85. The van der Waals surface area contributed by atoms with E-state index < -0.39 is 0 Å². The summed E-state index contributed by atoms with van der Waals surface area (Å²) in [5.74, 6) is 2.74. The van der Waals surface area contributed by atoms with Crippen LogP contribution in [-0.2, 0) is 0 Å². The van der Waals surface area contributed by atoms with Crippen LogP contribution < -0.4 is 20.1 Å². The highest BCUT2D eigenvalue weighted by Gasteiger charge is 2.18. The highest BCUT2D eigenvalue weighted by Crippen LogP contribution is 2.32. The minimum Gasteiger partial charge on any atom is -0.493 e. The first-order valence-electron chi connectivity index (χ1n) is 8.87. The molecular formula is C19H23N5O2. The first-order valence-corrected chi connectivity index (χ1v) is 8.87. The molecule has 0 saturated heterocycles. The SMILES string of the molecule is COc1ccc(Nc2nc(NC3CCCC3)c3cc[nH]c3n2)cc1OC. The fourth-order valence-electron chi connectivity index (χ4n) is 3.41. The van der Waals surface area contributed by atoms with Crippen molar-refractivity contribution in [3.63, 3.8) is 0 Å². The second kappa shape index (κ2) is 7.11. The zero-order valence-electron chi connectivity index (χ0n) is 15.0. The van der Waals surface area contributed by atoms with Gasteiger partial charge in [0, 0.05) is 24.0 Å². The summed E-state index contributed by atoms with van der Waals surface area (Å²) < 4.78 is 10.6. The lowest BCUT2D eigenvalue weighted by Gasteiger charge is -2.15. The molecule has 1 aromatic carbocycles. The van der Waals surface area contributed by atoms with Crippen LogP contribution in [0.1, 0.15) is 25.7 Å². The van der Waals surface area contributed by atoms with Crippen LogP contribution in [0.4, 0.5) is 17.5 Å². The van der Waals surface area contributed by atoms with E-state index in [-0.39, 0.29) is 0 Å². The van der Waals surface area contributed by atoms with Crippen molar-refractivity contribution in [2.45, 2.75) is 31.7 Å². The molecule has 0 bridgehead atoms. The predicted octanol–water partition coefficient (Wildman–Crippen LogP) is 4.07. The minimum atomic E-state index is 0.483. The maximum atomic E-state index is 5.36. The number of anilines is 3. The summed E-state index contributed by atoms with van der Waals surface area (Å²) >= 11 is 0. The third-order valence-electron chi connectivity index (χ3n) is 4.75. The Morgan fingerprint density at radius 1 is 1.04 bits per heavy atom. The van der Waals surface area contributed by atoms with Crippen LogP contribution in [0.3, 0.4) is 0 Å². The minimum absolute atomic E-state index is 0.483. The Kier molecular flexibility index (Phi) is 4.51. The molecule has 0 amide bonds. The van der Waals surface area contributed by atoms with Crippen LogP contribution in [0, 0.1) is 0 Å². The van der Waals surface area contributed by atoms with Gasteiger partial charge in [-0.05, 0) is 31.0 Å². The Morgan fingerprint density at radius 3 is 2.62 bits per heavy atom. The van der Waals surface area contributed by atoms with E-state index in [0.717, 1.165) is 22.5 Å². The maximum Gasteiger partial charge on any atom is 0.231 e. The Balaban J connectivity index is 1.64. The summed E-state index contributed by atoms with van der Waals surface area (Å²) in [5.41, 5.74) is 1.64. The van der Waals surface area contributed by atoms with Crippen molar-refractivity contribution < 1.29 is 9.47 Å². The van der Waals surface area contributed by atoms with Crippen molar-refractivity contribution in [3.8, 4) is 11.5 Å². The monoisotopic (exact) mass is 353 g/mol. The number of methoxy groups -OCH3 is 2. The number of fused-ring (bicyclic) bond motifs is 1. The molecule has 4 rings (SSSR count). The van der Waals surface area contributed by atoms with Crippen molar-refractivity contribution >= 4 is 28.5 Å². The quantitative estimate of drug-likeness (QED) is 0.619. The first kappa shape index (κ1) is 16.5. The van der Waals surface area contributed by atoms with Gasteiger partial charge in [-0.3, -0.25) is 0 Å². The summed E-state index contributed by atoms with van der Waals surface area (Å²) in [6, 6.07) is 8.12. The van der Waals surface area contributed by atoms with Crippen molar-refractivity contribution in [1.82, 2.24) is 15.0 Å². The third-order valence-corrected chi connectivity index (χ3v) is 4.75. The molecule has 26 heavy (non-hydrogen) atoms. The van der Waals surface area contributed by atoms with Gasteiger partial charge in [0.05, 0.1) is 19.6 Å². The smallest absolute Gasteiger partial charge is 0.231 e. The number of benzene rings is 1. The number of aromatic amines is 1. The van der Waals surface area contributed by atoms with Crippen LogP contribution in [0.2, 0.25) is 0 Å². The van der Waals surface area contributed by atoms with Crippen molar-refractivity contribution in [1.29, 1.82) is 0 Å². The van der Waals surface area contributed by atoms with Crippen molar-refractivity contribution in [2.24, 2.45) is 0 Å². The molecular weight excluding hydrogens is 330 g/mol. The third kappa shape index (κ3) is 3.24. The lowest BCUT2D eigenvalue weighted by Crippen LogP contribution is -2.16. The average molecular weight is 353 g/mol. The van der Waals surface area contributed by atoms with E-state index in [9.17, 15) is 0 Å². The molecule has 3 N–H and O–H groups in total.